The highest BCUT2D eigenvalue weighted by atomic mass is 35.5. The molecule has 94 valence electrons. The van der Waals surface area contributed by atoms with Crippen LogP contribution in [-0.2, 0) is 6.61 Å². The van der Waals surface area contributed by atoms with Crippen molar-refractivity contribution in [2.24, 2.45) is 5.84 Å². The van der Waals surface area contributed by atoms with Gasteiger partial charge in [0.15, 0.2) is 0 Å². The Labute approximate surface area is 115 Å². The summed E-state index contributed by atoms with van der Waals surface area (Å²) < 4.78 is 5.55. The van der Waals surface area contributed by atoms with Crippen molar-refractivity contribution in [2.45, 2.75) is 6.61 Å². The zero-order valence-electron chi connectivity index (χ0n) is 9.36. The number of rotatable bonds is 4. The number of benzene rings is 1. The number of nitrogens with zero attached hydrogens (tertiary/aromatic N) is 1. The summed E-state index contributed by atoms with van der Waals surface area (Å²) in [5.41, 5.74) is 3.23. The van der Waals surface area contributed by atoms with Crippen molar-refractivity contribution >= 4 is 29.0 Å². The van der Waals surface area contributed by atoms with Gasteiger partial charge >= 0.3 is 0 Å². The quantitative estimate of drug-likeness (QED) is 0.668. The predicted molar refractivity (Wildman–Crippen MR) is 72.8 cm³/mol. The molecule has 1 heterocycles. The van der Waals surface area contributed by atoms with Crippen molar-refractivity contribution in [1.82, 2.24) is 4.98 Å². The molecular formula is C12H11Cl2N3O. The number of nitrogens with two attached hydrogens (primary N) is 1. The number of nitrogens with one attached hydrogen (secondary N) is 1. The number of pyridine rings is 1. The zero-order chi connectivity index (χ0) is 13.0. The van der Waals surface area contributed by atoms with Gasteiger partial charge in [-0.2, -0.15) is 0 Å². The molecule has 0 amide bonds. The van der Waals surface area contributed by atoms with Crippen molar-refractivity contribution < 1.29 is 4.74 Å². The topological polar surface area (TPSA) is 60.2 Å². The Morgan fingerprint density at radius 1 is 1.17 bits per heavy atom. The van der Waals surface area contributed by atoms with Crippen LogP contribution < -0.4 is 16.0 Å². The number of hydrogen-bond donors (Lipinski definition) is 2. The summed E-state index contributed by atoms with van der Waals surface area (Å²) in [4.78, 5) is 4.22. The van der Waals surface area contributed by atoms with Gasteiger partial charge in [0, 0.05) is 10.0 Å². The number of anilines is 1. The number of nitrogen functional groups attached to an aromatic ring is 1. The average molecular weight is 284 g/mol. The van der Waals surface area contributed by atoms with Crippen LogP contribution in [0, 0.1) is 0 Å². The van der Waals surface area contributed by atoms with Gasteiger partial charge in [0.05, 0.1) is 5.69 Å². The SMILES string of the molecule is NNc1cccc(COc2cc(Cl)cc(Cl)c2)n1. The molecule has 6 heteroatoms. The Morgan fingerprint density at radius 3 is 2.56 bits per heavy atom. The van der Waals surface area contributed by atoms with E-state index in [2.05, 4.69) is 10.4 Å². The zero-order valence-corrected chi connectivity index (χ0v) is 10.9. The second-order valence-corrected chi connectivity index (χ2v) is 4.43. The van der Waals surface area contributed by atoms with E-state index in [0.717, 1.165) is 5.69 Å². The van der Waals surface area contributed by atoms with Crippen molar-refractivity contribution in [3.8, 4) is 5.75 Å². The molecule has 0 bridgehead atoms. The molecule has 0 spiro atoms. The van der Waals surface area contributed by atoms with Crippen molar-refractivity contribution in [1.29, 1.82) is 0 Å². The fraction of sp³-hybridized carbons (Fsp3) is 0.0833. The number of aromatic nitrogens is 1. The van der Waals surface area contributed by atoms with Crippen LogP contribution in [0.1, 0.15) is 5.69 Å². The minimum Gasteiger partial charge on any atom is -0.487 e. The first-order chi connectivity index (χ1) is 8.67. The van der Waals surface area contributed by atoms with Crippen LogP contribution in [0.25, 0.3) is 0 Å². The van der Waals surface area contributed by atoms with Gasteiger partial charge in [-0.15, -0.1) is 0 Å². The van der Waals surface area contributed by atoms with Crippen molar-refractivity contribution in [2.75, 3.05) is 5.43 Å². The highest BCUT2D eigenvalue weighted by Gasteiger charge is 2.01. The predicted octanol–water partition coefficient (Wildman–Crippen LogP) is 3.25. The fourth-order valence-electron chi connectivity index (χ4n) is 1.41. The number of hydrazine groups is 1. The van der Waals surface area contributed by atoms with Crippen LogP contribution in [0.5, 0.6) is 5.75 Å². The normalized spacial score (nSPS) is 10.2. The van der Waals surface area contributed by atoms with E-state index in [0.29, 0.717) is 28.2 Å². The van der Waals surface area contributed by atoms with E-state index >= 15 is 0 Å². The Hall–Kier alpha value is -1.49. The van der Waals surface area contributed by atoms with Gasteiger partial charge in [-0.05, 0) is 30.3 Å². The Kier molecular flexibility index (Phi) is 4.25. The smallest absolute Gasteiger partial charge is 0.140 e. The van der Waals surface area contributed by atoms with E-state index in [1.807, 2.05) is 12.1 Å². The Balaban J connectivity index is 2.06. The van der Waals surface area contributed by atoms with Gasteiger partial charge in [-0.1, -0.05) is 29.3 Å². The van der Waals surface area contributed by atoms with Gasteiger partial charge in [-0.25, -0.2) is 10.8 Å². The summed E-state index contributed by atoms with van der Waals surface area (Å²) >= 11 is 11.7. The molecule has 0 aliphatic carbocycles. The van der Waals surface area contributed by atoms with Gasteiger partial charge in [-0.3, -0.25) is 0 Å². The van der Waals surface area contributed by atoms with Crippen LogP contribution in [-0.4, -0.2) is 4.98 Å². The maximum atomic E-state index is 5.87. The Morgan fingerprint density at radius 2 is 1.89 bits per heavy atom. The molecule has 18 heavy (non-hydrogen) atoms. The standard InChI is InChI=1S/C12H11Cl2N3O/c13-8-4-9(14)6-11(5-8)18-7-10-2-1-3-12(16-10)17-15/h1-6H,7,15H2,(H,16,17). The maximum absolute atomic E-state index is 5.87. The summed E-state index contributed by atoms with van der Waals surface area (Å²) in [6.45, 7) is 0.312. The molecule has 2 aromatic rings. The lowest BCUT2D eigenvalue weighted by atomic mass is 10.3. The molecular weight excluding hydrogens is 273 g/mol. The first-order valence-electron chi connectivity index (χ1n) is 5.19. The van der Waals surface area contributed by atoms with E-state index in [9.17, 15) is 0 Å². The monoisotopic (exact) mass is 283 g/mol. The maximum Gasteiger partial charge on any atom is 0.140 e. The largest absolute Gasteiger partial charge is 0.487 e. The lowest BCUT2D eigenvalue weighted by Crippen LogP contribution is -2.09. The molecule has 0 aliphatic heterocycles. The van der Waals surface area contributed by atoms with Crippen LogP contribution in [0.4, 0.5) is 5.82 Å². The highest BCUT2D eigenvalue weighted by molar-refractivity contribution is 6.34. The molecule has 1 aromatic heterocycles. The first kappa shape index (κ1) is 13.0. The van der Waals surface area contributed by atoms with E-state index in [1.165, 1.54) is 0 Å². The average Bonchev–Trinajstić information content (AvgIpc) is 2.35. The summed E-state index contributed by atoms with van der Waals surface area (Å²) in [6, 6.07) is 10.5. The lowest BCUT2D eigenvalue weighted by molar-refractivity contribution is 0.301. The molecule has 0 fully saturated rings. The van der Waals surface area contributed by atoms with E-state index in [1.54, 1.807) is 24.3 Å². The molecule has 0 saturated carbocycles. The highest BCUT2D eigenvalue weighted by Crippen LogP contribution is 2.24. The van der Waals surface area contributed by atoms with E-state index in [4.69, 9.17) is 33.8 Å². The third-order valence-corrected chi connectivity index (χ3v) is 2.61. The Bertz CT molecular complexity index is 528. The third kappa shape index (κ3) is 3.50. The van der Waals surface area contributed by atoms with Gasteiger partial charge in [0.2, 0.25) is 0 Å². The van der Waals surface area contributed by atoms with E-state index in [-0.39, 0.29) is 0 Å². The lowest BCUT2D eigenvalue weighted by Gasteiger charge is -2.07. The van der Waals surface area contributed by atoms with Gasteiger partial charge < -0.3 is 10.2 Å². The molecule has 0 atom stereocenters. The second kappa shape index (κ2) is 5.91. The molecule has 3 N–H and O–H groups in total. The molecule has 0 radical (unpaired) electrons. The van der Waals surface area contributed by atoms with Crippen molar-refractivity contribution in [3.63, 3.8) is 0 Å². The van der Waals surface area contributed by atoms with E-state index < -0.39 is 0 Å². The molecule has 2 rings (SSSR count). The van der Waals surface area contributed by atoms with Gasteiger partial charge in [0.1, 0.15) is 18.2 Å². The minimum absolute atomic E-state index is 0.312. The van der Waals surface area contributed by atoms with Gasteiger partial charge in [0.25, 0.3) is 0 Å². The van der Waals surface area contributed by atoms with Crippen molar-refractivity contribution in [3.05, 3.63) is 52.1 Å². The molecule has 4 nitrogen and oxygen atoms in total. The summed E-state index contributed by atoms with van der Waals surface area (Å²) in [5.74, 6) is 6.46. The van der Waals surface area contributed by atoms with Crippen LogP contribution in [0.3, 0.4) is 0 Å². The second-order valence-electron chi connectivity index (χ2n) is 3.55. The molecule has 0 saturated heterocycles. The molecule has 0 unspecified atom stereocenters. The number of ether oxygens (including phenoxy) is 1. The summed E-state index contributed by atoms with van der Waals surface area (Å²) in [6.07, 6.45) is 0. The fourth-order valence-corrected chi connectivity index (χ4v) is 1.92. The molecule has 0 aliphatic rings. The summed E-state index contributed by atoms with van der Waals surface area (Å²) in [7, 11) is 0. The minimum atomic E-state index is 0.312. The summed E-state index contributed by atoms with van der Waals surface area (Å²) in [5, 5.41) is 1.06. The van der Waals surface area contributed by atoms with Crippen LogP contribution in [0.15, 0.2) is 36.4 Å². The third-order valence-electron chi connectivity index (χ3n) is 2.18. The number of halogens is 2. The number of hydrogen-bond acceptors (Lipinski definition) is 4. The van der Waals surface area contributed by atoms with Crippen LogP contribution in [0.2, 0.25) is 10.0 Å². The van der Waals surface area contributed by atoms with Crippen LogP contribution >= 0.6 is 23.2 Å². The molecule has 1 aromatic carbocycles. The first-order valence-corrected chi connectivity index (χ1v) is 5.94.